The number of rotatable bonds is 0. The fourth-order valence-corrected chi connectivity index (χ4v) is 1.99. The van der Waals surface area contributed by atoms with E-state index in [-0.39, 0.29) is 0 Å². The van der Waals surface area contributed by atoms with Crippen molar-refractivity contribution in [3.05, 3.63) is 48.4 Å². The number of hydrogen-bond donors (Lipinski definition) is 0. The van der Waals surface area contributed by atoms with E-state index in [1.165, 1.54) is 10.8 Å². The third-order valence-corrected chi connectivity index (χ3v) is 2.72. The Labute approximate surface area is 87.6 Å². The summed E-state index contributed by atoms with van der Waals surface area (Å²) >= 11 is 0. The normalized spacial score (nSPS) is 11.0. The molecule has 0 radical (unpaired) electrons. The zero-order chi connectivity index (χ0) is 10.3. The third kappa shape index (κ3) is 1.18. The molecule has 0 saturated carbocycles. The van der Waals surface area contributed by atoms with Crippen LogP contribution in [-0.2, 0) is 0 Å². The molecule has 0 saturated heterocycles. The predicted octanol–water partition coefficient (Wildman–Crippen LogP) is 3.09. The van der Waals surface area contributed by atoms with Gasteiger partial charge in [-0.2, -0.15) is 0 Å². The van der Waals surface area contributed by atoms with E-state index in [0.29, 0.717) is 0 Å². The van der Waals surface area contributed by atoms with Gasteiger partial charge in [0.1, 0.15) is 6.33 Å². The first-order chi connectivity index (χ1) is 7.36. The standard InChI is InChI=1S/C13H10N2/c1-9-13-11-5-3-2-4-10(11)6-7-12(13)15-8-14-9/h2-8H,1H3. The highest BCUT2D eigenvalue weighted by molar-refractivity contribution is 6.07. The minimum Gasteiger partial charge on any atom is -0.241 e. The molecule has 3 aromatic rings. The Balaban J connectivity index is 2.64. The van der Waals surface area contributed by atoms with Gasteiger partial charge < -0.3 is 0 Å². The largest absolute Gasteiger partial charge is 0.241 e. The van der Waals surface area contributed by atoms with Gasteiger partial charge in [0, 0.05) is 11.1 Å². The average molecular weight is 194 g/mol. The lowest BCUT2D eigenvalue weighted by Gasteiger charge is -2.04. The SMILES string of the molecule is Cc1ncnc2ccc3ccccc3c12. The maximum absolute atomic E-state index is 4.28. The van der Waals surface area contributed by atoms with Crippen molar-refractivity contribution in [2.75, 3.05) is 0 Å². The molecule has 2 heteroatoms. The third-order valence-electron chi connectivity index (χ3n) is 2.72. The molecule has 0 bridgehead atoms. The second-order valence-corrected chi connectivity index (χ2v) is 3.64. The van der Waals surface area contributed by atoms with Crippen LogP contribution in [0, 0.1) is 6.92 Å². The highest BCUT2D eigenvalue weighted by Gasteiger charge is 2.03. The van der Waals surface area contributed by atoms with Crippen molar-refractivity contribution in [1.29, 1.82) is 0 Å². The van der Waals surface area contributed by atoms with E-state index < -0.39 is 0 Å². The van der Waals surface area contributed by atoms with Crippen LogP contribution in [0.25, 0.3) is 21.7 Å². The lowest BCUT2D eigenvalue weighted by atomic mass is 10.0. The van der Waals surface area contributed by atoms with Crippen molar-refractivity contribution in [1.82, 2.24) is 9.97 Å². The summed E-state index contributed by atoms with van der Waals surface area (Å²) in [7, 11) is 0. The number of nitrogens with zero attached hydrogens (tertiary/aromatic N) is 2. The van der Waals surface area contributed by atoms with Crippen molar-refractivity contribution < 1.29 is 0 Å². The van der Waals surface area contributed by atoms with E-state index in [1.807, 2.05) is 25.1 Å². The van der Waals surface area contributed by atoms with Crippen LogP contribution in [0.1, 0.15) is 5.69 Å². The van der Waals surface area contributed by atoms with E-state index in [9.17, 15) is 0 Å². The number of aryl methyl sites for hydroxylation is 1. The molecule has 0 aliphatic rings. The van der Waals surface area contributed by atoms with E-state index in [1.54, 1.807) is 6.33 Å². The monoisotopic (exact) mass is 194 g/mol. The number of aromatic nitrogens is 2. The Morgan fingerprint density at radius 2 is 1.80 bits per heavy atom. The van der Waals surface area contributed by atoms with Gasteiger partial charge in [-0.3, -0.25) is 0 Å². The summed E-state index contributed by atoms with van der Waals surface area (Å²) in [5.74, 6) is 0. The summed E-state index contributed by atoms with van der Waals surface area (Å²) < 4.78 is 0. The molecular weight excluding hydrogens is 184 g/mol. The maximum Gasteiger partial charge on any atom is 0.116 e. The van der Waals surface area contributed by atoms with Crippen LogP contribution in [0.2, 0.25) is 0 Å². The summed E-state index contributed by atoms with van der Waals surface area (Å²) in [6, 6.07) is 12.5. The molecule has 0 amide bonds. The first kappa shape index (κ1) is 8.36. The van der Waals surface area contributed by atoms with Crippen molar-refractivity contribution in [3.8, 4) is 0 Å². The van der Waals surface area contributed by atoms with Crippen molar-refractivity contribution in [3.63, 3.8) is 0 Å². The molecular formula is C13H10N2. The topological polar surface area (TPSA) is 25.8 Å². The molecule has 0 fully saturated rings. The fourth-order valence-electron chi connectivity index (χ4n) is 1.99. The Morgan fingerprint density at radius 3 is 2.73 bits per heavy atom. The van der Waals surface area contributed by atoms with Crippen LogP contribution in [0.4, 0.5) is 0 Å². The number of benzene rings is 2. The second-order valence-electron chi connectivity index (χ2n) is 3.64. The minimum atomic E-state index is 1.02. The van der Waals surface area contributed by atoms with Crippen LogP contribution < -0.4 is 0 Å². The maximum atomic E-state index is 4.28. The molecule has 0 aliphatic carbocycles. The Morgan fingerprint density at radius 1 is 0.933 bits per heavy atom. The van der Waals surface area contributed by atoms with Gasteiger partial charge in [0.25, 0.3) is 0 Å². The Bertz CT molecular complexity index is 644. The van der Waals surface area contributed by atoms with Gasteiger partial charge in [-0.1, -0.05) is 30.3 Å². The zero-order valence-corrected chi connectivity index (χ0v) is 8.44. The molecule has 15 heavy (non-hydrogen) atoms. The van der Waals surface area contributed by atoms with Crippen LogP contribution in [0.5, 0.6) is 0 Å². The lowest BCUT2D eigenvalue weighted by molar-refractivity contribution is 1.15. The number of fused-ring (bicyclic) bond motifs is 3. The molecule has 72 valence electrons. The molecule has 0 unspecified atom stereocenters. The highest BCUT2D eigenvalue weighted by Crippen LogP contribution is 2.25. The lowest BCUT2D eigenvalue weighted by Crippen LogP contribution is -1.88. The second kappa shape index (κ2) is 3.02. The first-order valence-corrected chi connectivity index (χ1v) is 4.95. The summed E-state index contributed by atoms with van der Waals surface area (Å²) in [5.41, 5.74) is 2.05. The zero-order valence-electron chi connectivity index (χ0n) is 8.44. The summed E-state index contributed by atoms with van der Waals surface area (Å²) in [6.45, 7) is 2.02. The van der Waals surface area contributed by atoms with Gasteiger partial charge >= 0.3 is 0 Å². The van der Waals surface area contributed by atoms with Crippen LogP contribution >= 0.6 is 0 Å². The van der Waals surface area contributed by atoms with Crippen LogP contribution in [0.3, 0.4) is 0 Å². The van der Waals surface area contributed by atoms with Gasteiger partial charge in [0.15, 0.2) is 0 Å². The van der Waals surface area contributed by atoms with Gasteiger partial charge in [0.2, 0.25) is 0 Å². The van der Waals surface area contributed by atoms with Gasteiger partial charge in [0.05, 0.1) is 5.52 Å². The van der Waals surface area contributed by atoms with Crippen molar-refractivity contribution in [2.45, 2.75) is 6.92 Å². The minimum absolute atomic E-state index is 1.02. The molecule has 0 atom stereocenters. The molecule has 3 rings (SSSR count). The molecule has 1 heterocycles. The first-order valence-electron chi connectivity index (χ1n) is 4.95. The van der Waals surface area contributed by atoms with Gasteiger partial charge in [-0.25, -0.2) is 9.97 Å². The predicted molar refractivity (Wildman–Crippen MR) is 61.8 cm³/mol. The van der Waals surface area contributed by atoms with E-state index in [0.717, 1.165) is 16.6 Å². The molecule has 0 N–H and O–H groups in total. The molecule has 2 nitrogen and oxygen atoms in total. The molecule has 0 spiro atoms. The van der Waals surface area contributed by atoms with E-state index >= 15 is 0 Å². The quantitative estimate of drug-likeness (QED) is 0.514. The molecule has 1 aromatic heterocycles. The smallest absolute Gasteiger partial charge is 0.116 e. The summed E-state index contributed by atoms with van der Waals surface area (Å²) in [4.78, 5) is 8.53. The molecule has 2 aromatic carbocycles. The van der Waals surface area contributed by atoms with Crippen LogP contribution in [0.15, 0.2) is 42.7 Å². The Hall–Kier alpha value is -1.96. The summed E-state index contributed by atoms with van der Waals surface area (Å²) in [6.07, 6.45) is 1.62. The van der Waals surface area contributed by atoms with E-state index in [2.05, 4.69) is 28.2 Å². The number of hydrogen-bond acceptors (Lipinski definition) is 2. The fraction of sp³-hybridized carbons (Fsp3) is 0.0769. The van der Waals surface area contributed by atoms with Gasteiger partial charge in [-0.05, 0) is 23.8 Å². The summed E-state index contributed by atoms with van der Waals surface area (Å²) in [5, 5.41) is 3.63. The van der Waals surface area contributed by atoms with Crippen molar-refractivity contribution in [2.24, 2.45) is 0 Å². The van der Waals surface area contributed by atoms with E-state index in [4.69, 9.17) is 0 Å². The van der Waals surface area contributed by atoms with Crippen LogP contribution in [-0.4, -0.2) is 9.97 Å². The highest BCUT2D eigenvalue weighted by atomic mass is 14.8. The van der Waals surface area contributed by atoms with Gasteiger partial charge in [-0.15, -0.1) is 0 Å². The molecule has 0 aliphatic heterocycles. The average Bonchev–Trinajstić information content (AvgIpc) is 2.29. The van der Waals surface area contributed by atoms with Crippen molar-refractivity contribution >= 4 is 21.7 Å². The Kier molecular flexibility index (Phi) is 1.68.